The number of nitrogens with zero attached hydrogens (tertiary/aromatic N) is 3. The second kappa shape index (κ2) is 11.6. The zero-order chi connectivity index (χ0) is 22.9. The largest absolute Gasteiger partial charge is 0.481 e. The highest BCUT2D eigenvalue weighted by atomic mass is 16.4. The maximum atomic E-state index is 13.5. The number of para-hydroxylation sites is 1. The lowest BCUT2D eigenvalue weighted by molar-refractivity contribution is -0.137. The van der Waals surface area contributed by atoms with E-state index in [2.05, 4.69) is 46.2 Å². The number of benzene rings is 2. The Morgan fingerprint density at radius 3 is 2.16 bits per heavy atom. The molecule has 1 aliphatic rings. The molecule has 1 atom stereocenters. The van der Waals surface area contributed by atoms with Crippen molar-refractivity contribution in [3.05, 3.63) is 60.2 Å². The molecule has 0 saturated carbocycles. The van der Waals surface area contributed by atoms with Crippen LogP contribution in [-0.4, -0.2) is 62.2 Å². The number of hydrogen-bond acceptors (Lipinski definition) is 4. The molecule has 6 nitrogen and oxygen atoms in total. The van der Waals surface area contributed by atoms with Crippen LogP contribution in [0.4, 0.5) is 11.4 Å². The van der Waals surface area contributed by atoms with Gasteiger partial charge >= 0.3 is 5.97 Å². The Labute approximate surface area is 191 Å². The highest BCUT2D eigenvalue weighted by molar-refractivity contribution is 5.84. The fourth-order valence-corrected chi connectivity index (χ4v) is 4.28. The van der Waals surface area contributed by atoms with E-state index in [0.717, 1.165) is 56.7 Å². The van der Waals surface area contributed by atoms with Gasteiger partial charge in [-0.05, 0) is 42.7 Å². The van der Waals surface area contributed by atoms with E-state index >= 15 is 0 Å². The Kier molecular flexibility index (Phi) is 8.54. The van der Waals surface area contributed by atoms with Gasteiger partial charge in [-0.2, -0.15) is 0 Å². The maximum Gasteiger partial charge on any atom is 0.303 e. The summed E-state index contributed by atoms with van der Waals surface area (Å²) in [5.74, 6) is -0.749. The van der Waals surface area contributed by atoms with Gasteiger partial charge in [-0.3, -0.25) is 9.59 Å². The summed E-state index contributed by atoms with van der Waals surface area (Å²) in [6, 6.07) is 18.6. The molecule has 0 radical (unpaired) electrons. The molecule has 0 unspecified atom stereocenters. The van der Waals surface area contributed by atoms with Crippen LogP contribution in [0, 0.1) is 0 Å². The van der Waals surface area contributed by atoms with E-state index in [-0.39, 0.29) is 18.2 Å². The van der Waals surface area contributed by atoms with E-state index < -0.39 is 5.97 Å². The van der Waals surface area contributed by atoms with Gasteiger partial charge in [0.1, 0.15) is 0 Å². The third-order valence-corrected chi connectivity index (χ3v) is 6.21. The van der Waals surface area contributed by atoms with Gasteiger partial charge in [0.25, 0.3) is 0 Å². The van der Waals surface area contributed by atoms with Crippen LogP contribution >= 0.6 is 0 Å². The van der Waals surface area contributed by atoms with E-state index in [0.29, 0.717) is 6.42 Å². The third-order valence-electron chi connectivity index (χ3n) is 6.21. The summed E-state index contributed by atoms with van der Waals surface area (Å²) in [6.45, 7) is 3.11. The number of carbonyl (C=O) groups is 2. The Morgan fingerprint density at radius 2 is 1.56 bits per heavy atom. The van der Waals surface area contributed by atoms with Crippen LogP contribution in [0.25, 0.3) is 0 Å². The van der Waals surface area contributed by atoms with Crippen LogP contribution in [-0.2, 0) is 9.59 Å². The molecule has 1 fully saturated rings. The summed E-state index contributed by atoms with van der Waals surface area (Å²) < 4.78 is 0. The van der Waals surface area contributed by atoms with Crippen molar-refractivity contribution in [1.82, 2.24) is 4.90 Å². The van der Waals surface area contributed by atoms with Crippen LogP contribution in [0.3, 0.4) is 0 Å². The van der Waals surface area contributed by atoms with Crippen LogP contribution in [0.1, 0.15) is 43.6 Å². The lowest BCUT2D eigenvalue weighted by Crippen LogP contribution is -2.50. The Balaban J connectivity index is 1.65. The predicted molar refractivity (Wildman–Crippen MR) is 129 cm³/mol. The molecule has 6 heteroatoms. The first-order chi connectivity index (χ1) is 15.5. The van der Waals surface area contributed by atoms with Crippen molar-refractivity contribution in [3.8, 4) is 0 Å². The zero-order valence-corrected chi connectivity index (χ0v) is 19.2. The minimum atomic E-state index is -0.756. The van der Waals surface area contributed by atoms with Gasteiger partial charge in [0.05, 0.1) is 5.92 Å². The van der Waals surface area contributed by atoms with Gasteiger partial charge in [0, 0.05) is 58.1 Å². The number of carboxylic acids is 1. The molecule has 1 amide bonds. The first-order valence-electron chi connectivity index (χ1n) is 11.5. The predicted octanol–water partition coefficient (Wildman–Crippen LogP) is 4.22. The van der Waals surface area contributed by atoms with Crippen LogP contribution in [0.5, 0.6) is 0 Å². The topological polar surface area (TPSA) is 64.1 Å². The molecule has 0 spiro atoms. The molecule has 1 aliphatic heterocycles. The molecule has 172 valence electrons. The van der Waals surface area contributed by atoms with E-state index in [9.17, 15) is 9.59 Å². The number of carbonyl (C=O) groups excluding carboxylic acids is 1. The summed E-state index contributed by atoms with van der Waals surface area (Å²) in [5.41, 5.74) is 3.36. The van der Waals surface area contributed by atoms with Gasteiger partial charge in [0.2, 0.25) is 5.91 Å². The number of piperazine rings is 1. The van der Waals surface area contributed by atoms with Crippen molar-refractivity contribution in [2.45, 2.75) is 38.0 Å². The first kappa shape index (κ1) is 23.6. The number of aliphatic carboxylic acids is 1. The van der Waals surface area contributed by atoms with E-state index in [1.807, 2.05) is 37.2 Å². The quantitative estimate of drug-likeness (QED) is 0.564. The summed E-state index contributed by atoms with van der Waals surface area (Å²) in [7, 11) is 4.01. The number of rotatable bonds is 10. The lowest BCUT2D eigenvalue weighted by atomic mass is 9.91. The van der Waals surface area contributed by atoms with Gasteiger partial charge < -0.3 is 19.8 Å². The molecule has 3 rings (SSSR count). The number of amides is 1. The van der Waals surface area contributed by atoms with Gasteiger partial charge in [-0.25, -0.2) is 0 Å². The third kappa shape index (κ3) is 6.49. The highest BCUT2D eigenvalue weighted by Crippen LogP contribution is 2.28. The molecule has 0 aliphatic carbocycles. The molecule has 0 bridgehead atoms. The van der Waals surface area contributed by atoms with Gasteiger partial charge in [0.15, 0.2) is 0 Å². The van der Waals surface area contributed by atoms with Crippen molar-refractivity contribution in [2.75, 3.05) is 50.1 Å². The number of unbranched alkanes of at least 4 members (excludes halogenated alkanes) is 2. The molecule has 2 aromatic rings. The minimum absolute atomic E-state index is 0.181. The lowest BCUT2D eigenvalue weighted by Gasteiger charge is -2.37. The minimum Gasteiger partial charge on any atom is -0.481 e. The van der Waals surface area contributed by atoms with Crippen molar-refractivity contribution >= 4 is 23.3 Å². The van der Waals surface area contributed by atoms with E-state index in [4.69, 9.17) is 5.11 Å². The SMILES string of the molecule is CN(C)c1ccc([C@H](CCCCCC(=O)O)C(=O)N2CCN(c3ccccc3)CC2)cc1. The molecule has 2 aromatic carbocycles. The molecular formula is C26H35N3O3. The van der Waals surface area contributed by atoms with Crippen molar-refractivity contribution in [3.63, 3.8) is 0 Å². The molecule has 1 saturated heterocycles. The van der Waals surface area contributed by atoms with Crippen LogP contribution < -0.4 is 9.80 Å². The average Bonchev–Trinajstić information content (AvgIpc) is 2.81. The zero-order valence-electron chi connectivity index (χ0n) is 19.2. The second-order valence-electron chi connectivity index (χ2n) is 8.68. The Hall–Kier alpha value is -3.02. The monoisotopic (exact) mass is 437 g/mol. The first-order valence-corrected chi connectivity index (χ1v) is 11.5. The van der Waals surface area contributed by atoms with Crippen molar-refractivity contribution in [2.24, 2.45) is 0 Å². The van der Waals surface area contributed by atoms with Crippen LogP contribution in [0.15, 0.2) is 54.6 Å². The molecular weight excluding hydrogens is 402 g/mol. The summed E-state index contributed by atoms with van der Waals surface area (Å²) in [5, 5.41) is 8.86. The highest BCUT2D eigenvalue weighted by Gasteiger charge is 2.28. The van der Waals surface area contributed by atoms with E-state index in [1.165, 1.54) is 5.69 Å². The molecule has 0 aromatic heterocycles. The molecule has 1 N–H and O–H groups in total. The number of hydrogen-bond donors (Lipinski definition) is 1. The number of anilines is 2. The molecule has 1 heterocycles. The Bertz CT molecular complexity index is 860. The van der Waals surface area contributed by atoms with Gasteiger partial charge in [-0.1, -0.05) is 43.2 Å². The van der Waals surface area contributed by atoms with Crippen molar-refractivity contribution < 1.29 is 14.7 Å². The standard InChI is InChI=1S/C26H35N3O3/c1-27(2)22-15-13-21(14-16-22)24(11-7-4-8-12-25(30)31)26(32)29-19-17-28(18-20-29)23-9-5-3-6-10-23/h3,5-6,9-10,13-16,24H,4,7-8,11-12,17-20H2,1-2H3,(H,30,31)/t24-/m0/s1. The van der Waals surface area contributed by atoms with Gasteiger partial charge in [-0.15, -0.1) is 0 Å². The van der Waals surface area contributed by atoms with Crippen LogP contribution in [0.2, 0.25) is 0 Å². The average molecular weight is 438 g/mol. The normalized spacial score (nSPS) is 14.8. The maximum absolute atomic E-state index is 13.5. The fraction of sp³-hybridized carbons (Fsp3) is 0.462. The van der Waals surface area contributed by atoms with Crippen molar-refractivity contribution in [1.29, 1.82) is 0 Å². The Morgan fingerprint density at radius 1 is 0.906 bits per heavy atom. The summed E-state index contributed by atoms with van der Waals surface area (Å²) in [6.07, 6.45) is 3.28. The second-order valence-corrected chi connectivity index (χ2v) is 8.68. The molecule has 32 heavy (non-hydrogen) atoms. The summed E-state index contributed by atoms with van der Waals surface area (Å²) in [4.78, 5) is 30.7. The fourth-order valence-electron chi connectivity index (χ4n) is 4.28. The van der Waals surface area contributed by atoms with E-state index in [1.54, 1.807) is 0 Å². The number of carboxylic acid groups (broad SMARTS) is 1. The smallest absolute Gasteiger partial charge is 0.303 e. The summed E-state index contributed by atoms with van der Waals surface area (Å²) >= 11 is 0.